The molecule has 0 saturated carbocycles. The molecule has 2 rings (SSSR count). The van der Waals surface area contributed by atoms with Gasteiger partial charge in [-0.25, -0.2) is 8.42 Å². The van der Waals surface area contributed by atoms with Gasteiger partial charge in [0.15, 0.2) is 0 Å². The van der Waals surface area contributed by atoms with E-state index < -0.39 is 10.0 Å². The van der Waals surface area contributed by atoms with Crippen molar-refractivity contribution >= 4 is 21.6 Å². The van der Waals surface area contributed by atoms with Gasteiger partial charge in [-0.05, 0) is 29.7 Å². The molecule has 1 amide bonds. The molecule has 26 heavy (non-hydrogen) atoms. The Bertz CT molecular complexity index is 818. The summed E-state index contributed by atoms with van der Waals surface area (Å²) in [5.41, 5.74) is 2.77. The summed E-state index contributed by atoms with van der Waals surface area (Å²) in [7, 11) is -1.72. The molecule has 0 aliphatic heterocycles. The van der Waals surface area contributed by atoms with Crippen LogP contribution in [0.4, 0.5) is 5.69 Å². The van der Waals surface area contributed by atoms with E-state index in [-0.39, 0.29) is 18.9 Å². The normalized spacial score (nSPS) is 11.2. The highest BCUT2D eigenvalue weighted by atomic mass is 32.2. The number of carbonyl (C=O) groups is 1. The zero-order chi connectivity index (χ0) is 19.2. The summed E-state index contributed by atoms with van der Waals surface area (Å²) in [5.74, 6) is -0.0901. The summed E-state index contributed by atoms with van der Waals surface area (Å²) in [5, 5.41) is 0. The van der Waals surface area contributed by atoms with Crippen LogP contribution in [0.2, 0.25) is 0 Å². The molecule has 0 spiro atoms. The average molecular weight is 375 g/mol. The third kappa shape index (κ3) is 5.59. The van der Waals surface area contributed by atoms with Gasteiger partial charge >= 0.3 is 0 Å². The molecule has 2 aromatic carbocycles. The van der Waals surface area contributed by atoms with Gasteiger partial charge in [-0.3, -0.25) is 9.10 Å². The highest BCUT2D eigenvalue weighted by Crippen LogP contribution is 2.19. The predicted octanol–water partition coefficient (Wildman–Crippen LogP) is 3.06. The lowest BCUT2D eigenvalue weighted by Crippen LogP contribution is -2.35. The van der Waals surface area contributed by atoms with Crippen LogP contribution < -0.4 is 4.31 Å². The van der Waals surface area contributed by atoms with Gasteiger partial charge in [0.1, 0.15) is 0 Å². The molecule has 0 unspecified atom stereocenters. The fraction of sp³-hybridized carbons (Fsp3) is 0.350. The van der Waals surface area contributed by atoms with Gasteiger partial charge in [-0.1, -0.05) is 49.4 Å². The molecule has 0 N–H and O–H groups in total. The summed E-state index contributed by atoms with van der Waals surface area (Å²) in [6.45, 7) is 2.68. The van der Waals surface area contributed by atoms with Crippen molar-refractivity contribution in [3.63, 3.8) is 0 Å². The lowest BCUT2D eigenvalue weighted by Gasteiger charge is -2.24. The Morgan fingerprint density at radius 2 is 1.58 bits per heavy atom. The van der Waals surface area contributed by atoms with E-state index >= 15 is 0 Å². The van der Waals surface area contributed by atoms with Crippen LogP contribution in [0.15, 0.2) is 54.6 Å². The monoisotopic (exact) mass is 374 g/mol. The molecule has 0 heterocycles. The Morgan fingerprint density at radius 1 is 0.962 bits per heavy atom. The van der Waals surface area contributed by atoms with Crippen molar-refractivity contribution < 1.29 is 13.2 Å². The van der Waals surface area contributed by atoms with Gasteiger partial charge in [0, 0.05) is 26.6 Å². The SMILES string of the molecule is CCc1ccc(N(CCC(=O)N(C)Cc2ccccc2)S(C)(=O)=O)cc1. The van der Waals surface area contributed by atoms with E-state index in [1.54, 1.807) is 24.1 Å². The Hall–Kier alpha value is -2.34. The molecule has 0 aliphatic carbocycles. The number of hydrogen-bond acceptors (Lipinski definition) is 3. The first-order valence-electron chi connectivity index (χ1n) is 8.65. The van der Waals surface area contributed by atoms with E-state index in [4.69, 9.17) is 0 Å². The maximum absolute atomic E-state index is 12.4. The number of amides is 1. The van der Waals surface area contributed by atoms with Gasteiger partial charge in [-0.2, -0.15) is 0 Å². The van der Waals surface area contributed by atoms with E-state index in [9.17, 15) is 13.2 Å². The van der Waals surface area contributed by atoms with Crippen LogP contribution >= 0.6 is 0 Å². The zero-order valence-electron chi connectivity index (χ0n) is 15.6. The summed E-state index contributed by atoms with van der Waals surface area (Å²) in [6.07, 6.45) is 2.19. The molecule has 0 saturated heterocycles. The summed E-state index contributed by atoms with van der Waals surface area (Å²) in [4.78, 5) is 14.0. The van der Waals surface area contributed by atoms with Crippen molar-refractivity contribution in [1.29, 1.82) is 0 Å². The smallest absolute Gasteiger partial charge is 0.232 e. The molecule has 2 aromatic rings. The van der Waals surface area contributed by atoms with E-state index in [2.05, 4.69) is 0 Å². The first kappa shape index (κ1) is 20.0. The standard InChI is InChI=1S/C20H26N2O3S/c1-4-17-10-12-19(13-11-17)22(26(3,24)25)15-14-20(23)21(2)16-18-8-6-5-7-9-18/h5-13H,4,14-16H2,1-3H3. The zero-order valence-corrected chi connectivity index (χ0v) is 16.4. The van der Waals surface area contributed by atoms with E-state index in [1.807, 2.05) is 49.4 Å². The van der Waals surface area contributed by atoms with Crippen LogP contribution in [0.1, 0.15) is 24.5 Å². The average Bonchev–Trinajstić information content (AvgIpc) is 2.62. The molecule has 0 radical (unpaired) electrons. The third-order valence-electron chi connectivity index (χ3n) is 4.25. The molecule has 0 atom stereocenters. The summed E-state index contributed by atoms with van der Waals surface area (Å²) in [6, 6.07) is 17.1. The van der Waals surface area contributed by atoms with Gasteiger partial charge in [0.25, 0.3) is 0 Å². The minimum Gasteiger partial charge on any atom is -0.341 e. The topological polar surface area (TPSA) is 57.7 Å². The second-order valence-electron chi connectivity index (χ2n) is 6.34. The van der Waals surface area contributed by atoms with E-state index in [0.717, 1.165) is 17.5 Å². The number of benzene rings is 2. The first-order valence-corrected chi connectivity index (χ1v) is 10.5. The number of nitrogens with zero attached hydrogens (tertiary/aromatic N) is 2. The molecule has 6 heteroatoms. The Labute approximate surface area is 156 Å². The molecule has 0 fully saturated rings. The number of aryl methyl sites for hydroxylation is 1. The largest absolute Gasteiger partial charge is 0.341 e. The number of anilines is 1. The van der Waals surface area contributed by atoms with Crippen molar-refractivity contribution in [1.82, 2.24) is 4.90 Å². The Balaban J connectivity index is 2.03. The van der Waals surface area contributed by atoms with Crippen LogP contribution in [0, 0.1) is 0 Å². The quantitative estimate of drug-likeness (QED) is 0.713. The first-order chi connectivity index (χ1) is 12.3. The van der Waals surface area contributed by atoms with Gasteiger partial charge in [0.05, 0.1) is 11.9 Å². The van der Waals surface area contributed by atoms with Crippen LogP contribution in [0.3, 0.4) is 0 Å². The van der Waals surface area contributed by atoms with Gasteiger partial charge in [0.2, 0.25) is 15.9 Å². The molecule has 5 nitrogen and oxygen atoms in total. The van der Waals surface area contributed by atoms with E-state index in [1.165, 1.54) is 10.6 Å². The van der Waals surface area contributed by atoms with Crippen molar-refractivity contribution in [2.24, 2.45) is 0 Å². The minimum atomic E-state index is -3.46. The Kier molecular flexibility index (Phi) is 6.80. The molecular formula is C20H26N2O3S. The summed E-state index contributed by atoms with van der Waals surface area (Å²) < 4.78 is 25.6. The molecule has 0 aliphatic rings. The highest BCUT2D eigenvalue weighted by molar-refractivity contribution is 7.92. The van der Waals surface area contributed by atoms with Crippen LogP contribution in [-0.2, 0) is 27.8 Å². The number of sulfonamides is 1. The fourth-order valence-electron chi connectivity index (χ4n) is 2.72. The second-order valence-corrected chi connectivity index (χ2v) is 8.25. The van der Waals surface area contributed by atoms with Crippen LogP contribution in [0.5, 0.6) is 0 Å². The van der Waals surface area contributed by atoms with E-state index in [0.29, 0.717) is 12.2 Å². The Morgan fingerprint density at radius 3 is 2.12 bits per heavy atom. The summed E-state index contributed by atoms with van der Waals surface area (Å²) >= 11 is 0. The van der Waals surface area contributed by atoms with Crippen LogP contribution in [-0.4, -0.2) is 39.1 Å². The molecule has 140 valence electrons. The number of hydrogen-bond donors (Lipinski definition) is 0. The molecular weight excluding hydrogens is 348 g/mol. The van der Waals surface area contributed by atoms with Crippen molar-refractivity contribution in [3.05, 3.63) is 65.7 Å². The van der Waals surface area contributed by atoms with Crippen molar-refractivity contribution in [2.45, 2.75) is 26.3 Å². The predicted molar refractivity (Wildman–Crippen MR) is 106 cm³/mol. The number of rotatable bonds is 8. The highest BCUT2D eigenvalue weighted by Gasteiger charge is 2.19. The lowest BCUT2D eigenvalue weighted by atomic mass is 10.1. The van der Waals surface area contributed by atoms with Crippen LogP contribution in [0.25, 0.3) is 0 Å². The second kappa shape index (κ2) is 8.85. The third-order valence-corrected chi connectivity index (χ3v) is 5.44. The van der Waals surface area contributed by atoms with Crippen molar-refractivity contribution in [2.75, 3.05) is 24.2 Å². The molecule has 0 aromatic heterocycles. The maximum atomic E-state index is 12.4. The number of carbonyl (C=O) groups excluding carboxylic acids is 1. The fourth-order valence-corrected chi connectivity index (χ4v) is 3.65. The van der Waals surface area contributed by atoms with Gasteiger partial charge in [-0.15, -0.1) is 0 Å². The lowest BCUT2D eigenvalue weighted by molar-refractivity contribution is -0.130. The van der Waals surface area contributed by atoms with Gasteiger partial charge < -0.3 is 4.90 Å². The van der Waals surface area contributed by atoms with Crippen molar-refractivity contribution in [3.8, 4) is 0 Å². The maximum Gasteiger partial charge on any atom is 0.232 e. The molecule has 0 bridgehead atoms. The minimum absolute atomic E-state index is 0.0901.